The zero-order valence-electron chi connectivity index (χ0n) is 19.6. The maximum Gasteiger partial charge on any atom is 0.508 e. The Labute approximate surface area is 199 Å². The van der Waals surface area contributed by atoms with Gasteiger partial charge in [0, 0.05) is 32.0 Å². The number of rotatable bonds is 15. The molecule has 1 heterocycles. The first-order valence-corrected chi connectivity index (χ1v) is 11.4. The number of nitrogens with one attached hydrogen (secondary N) is 1. The van der Waals surface area contributed by atoms with Gasteiger partial charge in [0.05, 0.1) is 6.04 Å². The van der Waals surface area contributed by atoms with E-state index in [1.165, 1.54) is 12.1 Å². The van der Waals surface area contributed by atoms with Crippen LogP contribution >= 0.6 is 0 Å². The van der Waals surface area contributed by atoms with E-state index in [1.54, 1.807) is 23.1 Å². The van der Waals surface area contributed by atoms with E-state index >= 15 is 0 Å². The fraction of sp³-hybridized carbons (Fsp3) is 0.480. The van der Waals surface area contributed by atoms with Crippen LogP contribution in [-0.2, 0) is 25.5 Å². The highest BCUT2D eigenvalue weighted by Gasteiger charge is 2.34. The summed E-state index contributed by atoms with van der Waals surface area (Å²) < 4.78 is 29.5. The standard InChI is InChI=1S/C25H33FN2O6/c1-4-10-28(11-5-2)24(30)9-7-8-23(29)27-21(22-17-33-25(31)34-22)15-18-13-19(26)16-20(14-18)32-12-6-3/h4,6,13-14,16,21-22H,1,3,5,7-12,15,17H2,2H3,(H,27,29)/t21?,22-/m1/s1. The van der Waals surface area contributed by atoms with Gasteiger partial charge >= 0.3 is 6.16 Å². The van der Waals surface area contributed by atoms with E-state index in [0.29, 0.717) is 30.8 Å². The van der Waals surface area contributed by atoms with E-state index in [4.69, 9.17) is 14.2 Å². The summed E-state index contributed by atoms with van der Waals surface area (Å²) in [6.07, 6.45) is 3.45. The van der Waals surface area contributed by atoms with Gasteiger partial charge in [-0.2, -0.15) is 0 Å². The molecule has 2 rings (SSSR count). The zero-order chi connectivity index (χ0) is 24.9. The van der Waals surface area contributed by atoms with Crippen molar-refractivity contribution in [3.8, 4) is 5.75 Å². The molecule has 186 valence electrons. The minimum Gasteiger partial charge on any atom is -0.489 e. The summed E-state index contributed by atoms with van der Waals surface area (Å²) in [4.78, 5) is 38.1. The van der Waals surface area contributed by atoms with Crippen molar-refractivity contribution >= 4 is 18.0 Å². The fourth-order valence-corrected chi connectivity index (χ4v) is 3.63. The van der Waals surface area contributed by atoms with E-state index in [0.717, 1.165) is 6.42 Å². The number of amides is 2. The number of hydrogen-bond donors (Lipinski definition) is 1. The normalized spacial score (nSPS) is 15.6. The maximum absolute atomic E-state index is 14.1. The molecule has 0 radical (unpaired) electrons. The Balaban J connectivity index is 1.99. The average Bonchev–Trinajstić information content (AvgIpc) is 3.23. The molecule has 8 nitrogen and oxygen atoms in total. The van der Waals surface area contributed by atoms with Crippen LogP contribution in [0.2, 0.25) is 0 Å². The Morgan fingerprint density at radius 2 is 2.09 bits per heavy atom. The predicted molar refractivity (Wildman–Crippen MR) is 125 cm³/mol. The fourth-order valence-electron chi connectivity index (χ4n) is 3.63. The second kappa shape index (κ2) is 14.0. The van der Waals surface area contributed by atoms with E-state index in [9.17, 15) is 18.8 Å². The summed E-state index contributed by atoms with van der Waals surface area (Å²) in [6, 6.07) is 3.60. The molecule has 0 aromatic heterocycles. The summed E-state index contributed by atoms with van der Waals surface area (Å²) in [7, 11) is 0. The Hall–Kier alpha value is -3.36. The lowest BCUT2D eigenvalue weighted by molar-refractivity contribution is -0.131. The lowest BCUT2D eigenvalue weighted by Gasteiger charge is -2.23. The molecule has 0 saturated carbocycles. The molecule has 1 aliphatic rings. The van der Waals surface area contributed by atoms with Crippen molar-refractivity contribution in [1.29, 1.82) is 0 Å². The minimum absolute atomic E-state index is 0.0229. The van der Waals surface area contributed by atoms with Crippen molar-refractivity contribution in [1.82, 2.24) is 10.2 Å². The molecule has 0 spiro atoms. The molecule has 0 bridgehead atoms. The van der Waals surface area contributed by atoms with Crippen molar-refractivity contribution in [3.63, 3.8) is 0 Å². The first-order chi connectivity index (χ1) is 16.4. The third-order valence-corrected chi connectivity index (χ3v) is 5.15. The van der Waals surface area contributed by atoms with Crippen LogP contribution in [0.3, 0.4) is 0 Å². The van der Waals surface area contributed by atoms with Crippen molar-refractivity contribution in [2.24, 2.45) is 0 Å². The van der Waals surface area contributed by atoms with Gasteiger partial charge in [-0.3, -0.25) is 9.59 Å². The van der Waals surface area contributed by atoms with Crippen LogP contribution in [0.1, 0.15) is 38.2 Å². The van der Waals surface area contributed by atoms with Gasteiger partial charge in [0.2, 0.25) is 11.8 Å². The van der Waals surface area contributed by atoms with Crippen molar-refractivity contribution in [2.75, 3.05) is 26.3 Å². The lowest BCUT2D eigenvalue weighted by atomic mass is 10.0. The number of carbonyl (C=O) groups is 3. The molecule has 9 heteroatoms. The smallest absolute Gasteiger partial charge is 0.489 e. The Kier molecular flexibility index (Phi) is 11.1. The number of carbonyl (C=O) groups excluding carboxylic acids is 3. The van der Waals surface area contributed by atoms with E-state index in [1.807, 2.05) is 6.92 Å². The maximum atomic E-state index is 14.1. The van der Waals surface area contributed by atoms with Gasteiger partial charge in [-0.1, -0.05) is 25.7 Å². The highest BCUT2D eigenvalue weighted by Crippen LogP contribution is 2.21. The van der Waals surface area contributed by atoms with Crippen LogP contribution in [0.4, 0.5) is 9.18 Å². The third kappa shape index (κ3) is 8.88. The molecule has 1 N–H and O–H groups in total. The molecule has 2 atom stereocenters. The van der Waals surface area contributed by atoms with Crippen molar-refractivity contribution < 1.29 is 33.0 Å². The van der Waals surface area contributed by atoms with Gasteiger partial charge in [-0.05, 0) is 37.0 Å². The van der Waals surface area contributed by atoms with Gasteiger partial charge in [0.1, 0.15) is 24.8 Å². The monoisotopic (exact) mass is 476 g/mol. The minimum atomic E-state index is -0.817. The SMILES string of the molecule is C=CCOc1cc(F)cc(CC(NC(=O)CCCC(=O)N(CC=C)CCC)[C@H]2COC(=O)O2)c1. The van der Waals surface area contributed by atoms with Crippen LogP contribution in [0.15, 0.2) is 43.5 Å². The van der Waals surface area contributed by atoms with E-state index in [-0.39, 0.29) is 44.3 Å². The first kappa shape index (κ1) is 26.9. The van der Waals surface area contributed by atoms with Gasteiger partial charge in [-0.25, -0.2) is 9.18 Å². The van der Waals surface area contributed by atoms with Crippen LogP contribution in [0.25, 0.3) is 0 Å². The van der Waals surface area contributed by atoms with E-state index in [2.05, 4.69) is 18.5 Å². The quantitative estimate of drug-likeness (QED) is 0.307. The third-order valence-electron chi connectivity index (χ3n) is 5.15. The predicted octanol–water partition coefficient (Wildman–Crippen LogP) is 3.55. The summed E-state index contributed by atoms with van der Waals surface area (Å²) in [5.41, 5.74) is 0.558. The molecule has 0 aliphatic carbocycles. The molecule has 1 aliphatic heterocycles. The highest BCUT2D eigenvalue weighted by molar-refractivity contribution is 5.79. The number of ether oxygens (including phenoxy) is 3. The summed E-state index contributed by atoms with van der Waals surface area (Å²) in [5, 5.41) is 2.85. The molecule has 1 aromatic rings. The molecular formula is C25H33FN2O6. The summed E-state index contributed by atoms with van der Waals surface area (Å²) >= 11 is 0. The van der Waals surface area contributed by atoms with E-state index < -0.39 is 24.1 Å². The summed E-state index contributed by atoms with van der Waals surface area (Å²) in [5.74, 6) is -0.493. The zero-order valence-corrected chi connectivity index (χ0v) is 19.6. The highest BCUT2D eigenvalue weighted by atomic mass is 19.1. The van der Waals surface area contributed by atoms with Crippen molar-refractivity contribution in [3.05, 3.63) is 54.9 Å². The molecule has 2 amide bonds. The largest absolute Gasteiger partial charge is 0.508 e. The van der Waals surface area contributed by atoms with Gasteiger partial charge < -0.3 is 24.4 Å². The van der Waals surface area contributed by atoms with Gasteiger partial charge in [0.15, 0.2) is 6.10 Å². The summed E-state index contributed by atoms with van der Waals surface area (Å²) in [6.45, 7) is 10.5. The Bertz CT molecular complexity index is 875. The molecule has 1 aromatic carbocycles. The second-order valence-electron chi connectivity index (χ2n) is 7.97. The molecular weight excluding hydrogens is 443 g/mol. The first-order valence-electron chi connectivity index (χ1n) is 11.4. The Morgan fingerprint density at radius 3 is 2.74 bits per heavy atom. The van der Waals surface area contributed by atoms with Gasteiger partial charge in [0.25, 0.3) is 0 Å². The number of nitrogens with zero attached hydrogens (tertiary/aromatic N) is 1. The number of benzene rings is 1. The van der Waals surface area contributed by atoms with Crippen LogP contribution < -0.4 is 10.1 Å². The lowest BCUT2D eigenvalue weighted by Crippen LogP contribution is -2.46. The average molecular weight is 477 g/mol. The molecule has 1 saturated heterocycles. The molecule has 34 heavy (non-hydrogen) atoms. The second-order valence-corrected chi connectivity index (χ2v) is 7.97. The van der Waals surface area contributed by atoms with Crippen LogP contribution in [0.5, 0.6) is 5.75 Å². The molecule has 1 unspecified atom stereocenters. The number of halogens is 1. The number of cyclic esters (lactones) is 2. The van der Waals surface area contributed by atoms with Crippen LogP contribution in [-0.4, -0.2) is 61.3 Å². The van der Waals surface area contributed by atoms with Gasteiger partial charge in [-0.15, -0.1) is 6.58 Å². The molecule has 1 fully saturated rings. The van der Waals surface area contributed by atoms with Crippen molar-refractivity contribution in [2.45, 2.75) is 51.2 Å². The topological polar surface area (TPSA) is 94.2 Å². The number of hydrogen-bond acceptors (Lipinski definition) is 6. The Morgan fingerprint density at radius 1 is 1.29 bits per heavy atom. The van der Waals surface area contributed by atoms with Crippen LogP contribution in [0, 0.1) is 5.82 Å².